The quantitative estimate of drug-likeness (QED) is 0.164. The number of primary amides is 1. The van der Waals surface area contributed by atoms with Crippen LogP contribution in [0.15, 0.2) is 12.5 Å². The molecule has 9 N–H and O–H groups in total. The number of carboxylic acid groups (broad SMARTS) is 1. The number of amides is 4. The van der Waals surface area contributed by atoms with E-state index in [4.69, 9.17) is 16.6 Å². The number of rotatable bonds is 14. The van der Waals surface area contributed by atoms with Crippen LogP contribution in [0.25, 0.3) is 0 Å². The molecule has 13 nitrogen and oxygen atoms in total. The molecule has 1 aromatic rings. The number of aromatic nitrogens is 2. The second-order valence-corrected chi connectivity index (χ2v) is 8.21. The molecule has 0 aliphatic carbocycles. The van der Waals surface area contributed by atoms with Crippen molar-refractivity contribution in [2.45, 2.75) is 70.6 Å². The van der Waals surface area contributed by atoms with Crippen molar-refractivity contribution in [3.63, 3.8) is 0 Å². The standard InChI is InChI=1S/C20H33N7O6/c1-10(2)6-14(26-17(29)13(21)4-5-16(22)28)19(31)27-15(7-12-8-23-9-24-12)18(30)25-11(3)20(32)33/h8-11,13-15H,4-7,21H2,1-3H3,(H2,22,28)(H,23,24)(H,25,30)(H,26,29)(H,27,31)(H,32,33). The predicted octanol–water partition coefficient (Wildman–Crippen LogP) is -1.85. The van der Waals surface area contributed by atoms with Gasteiger partial charge in [0.15, 0.2) is 0 Å². The van der Waals surface area contributed by atoms with Crippen molar-refractivity contribution < 1.29 is 29.1 Å². The summed E-state index contributed by atoms with van der Waals surface area (Å²) >= 11 is 0. The van der Waals surface area contributed by atoms with E-state index >= 15 is 0 Å². The Kier molecular flexibility index (Phi) is 11.0. The summed E-state index contributed by atoms with van der Waals surface area (Å²) in [4.78, 5) is 66.8. The molecule has 0 bridgehead atoms. The number of hydrogen-bond donors (Lipinski definition) is 7. The average Bonchev–Trinajstić information content (AvgIpc) is 3.23. The van der Waals surface area contributed by atoms with Crippen LogP contribution in [-0.4, -0.2) is 68.8 Å². The first-order valence-corrected chi connectivity index (χ1v) is 10.6. The third kappa shape index (κ3) is 10.1. The second kappa shape index (κ2) is 13.2. The van der Waals surface area contributed by atoms with Crippen LogP contribution in [0.2, 0.25) is 0 Å². The first kappa shape index (κ1) is 27.6. The first-order chi connectivity index (χ1) is 15.4. The largest absolute Gasteiger partial charge is 0.480 e. The zero-order valence-electron chi connectivity index (χ0n) is 19.0. The van der Waals surface area contributed by atoms with Gasteiger partial charge in [-0.05, 0) is 25.7 Å². The second-order valence-electron chi connectivity index (χ2n) is 8.21. The molecule has 4 atom stereocenters. The highest BCUT2D eigenvalue weighted by Gasteiger charge is 2.30. The lowest BCUT2D eigenvalue weighted by Gasteiger charge is -2.25. The van der Waals surface area contributed by atoms with E-state index in [-0.39, 0.29) is 31.6 Å². The van der Waals surface area contributed by atoms with Crippen LogP contribution in [0.4, 0.5) is 0 Å². The van der Waals surface area contributed by atoms with Gasteiger partial charge in [-0.1, -0.05) is 13.8 Å². The van der Waals surface area contributed by atoms with Crippen LogP contribution in [0, 0.1) is 5.92 Å². The highest BCUT2D eigenvalue weighted by molar-refractivity contribution is 5.94. The number of H-pyrrole nitrogens is 1. The lowest BCUT2D eigenvalue weighted by molar-refractivity contribution is -0.141. The van der Waals surface area contributed by atoms with Crippen molar-refractivity contribution in [1.29, 1.82) is 0 Å². The number of carboxylic acids is 1. The third-order valence-electron chi connectivity index (χ3n) is 4.72. The Morgan fingerprint density at radius 2 is 1.64 bits per heavy atom. The molecule has 0 saturated heterocycles. The summed E-state index contributed by atoms with van der Waals surface area (Å²) in [6.45, 7) is 5.00. The Balaban J connectivity index is 2.96. The number of nitrogens with zero attached hydrogens (tertiary/aromatic N) is 1. The molecular weight excluding hydrogens is 434 g/mol. The van der Waals surface area contributed by atoms with E-state index in [2.05, 4.69) is 25.9 Å². The van der Waals surface area contributed by atoms with Gasteiger partial charge in [-0.25, -0.2) is 4.98 Å². The van der Waals surface area contributed by atoms with Crippen molar-refractivity contribution in [2.24, 2.45) is 17.4 Å². The lowest BCUT2D eigenvalue weighted by Crippen LogP contribution is -2.57. The molecule has 0 radical (unpaired) electrons. The number of nitrogens with two attached hydrogens (primary N) is 2. The number of hydrogen-bond acceptors (Lipinski definition) is 7. The number of carbonyl (C=O) groups excluding carboxylic acids is 4. The molecule has 0 saturated carbocycles. The summed E-state index contributed by atoms with van der Waals surface area (Å²) in [7, 11) is 0. The molecule has 1 heterocycles. The van der Waals surface area contributed by atoms with Crippen molar-refractivity contribution in [3.05, 3.63) is 18.2 Å². The summed E-state index contributed by atoms with van der Waals surface area (Å²) in [6, 6.07) is -4.35. The molecule has 4 unspecified atom stereocenters. The zero-order valence-corrected chi connectivity index (χ0v) is 19.0. The summed E-state index contributed by atoms with van der Waals surface area (Å²) in [5, 5.41) is 16.5. The number of aliphatic carboxylic acids is 1. The summed E-state index contributed by atoms with van der Waals surface area (Å²) in [5.74, 6) is -3.80. The van der Waals surface area contributed by atoms with Crippen LogP contribution in [0.1, 0.15) is 45.7 Å². The Hall–Kier alpha value is -3.48. The number of carbonyl (C=O) groups is 5. The number of imidazole rings is 1. The summed E-state index contributed by atoms with van der Waals surface area (Å²) in [5.41, 5.74) is 11.4. The van der Waals surface area contributed by atoms with E-state index in [0.29, 0.717) is 5.69 Å². The maximum atomic E-state index is 13.0. The minimum absolute atomic E-state index is 0.00908. The highest BCUT2D eigenvalue weighted by Crippen LogP contribution is 2.08. The minimum Gasteiger partial charge on any atom is -0.480 e. The number of aromatic amines is 1. The fraction of sp³-hybridized carbons (Fsp3) is 0.600. The van der Waals surface area contributed by atoms with Gasteiger partial charge < -0.3 is 37.5 Å². The topological polar surface area (TPSA) is 222 Å². The molecular formula is C20H33N7O6. The van der Waals surface area contributed by atoms with Gasteiger partial charge in [-0.3, -0.25) is 24.0 Å². The van der Waals surface area contributed by atoms with Crippen LogP contribution in [0.5, 0.6) is 0 Å². The molecule has 1 rings (SSSR count). The fourth-order valence-corrected chi connectivity index (χ4v) is 2.88. The minimum atomic E-state index is -1.23. The van der Waals surface area contributed by atoms with E-state index in [0.717, 1.165) is 0 Å². The zero-order chi connectivity index (χ0) is 25.1. The smallest absolute Gasteiger partial charge is 0.325 e. The van der Waals surface area contributed by atoms with Gasteiger partial charge in [0.05, 0.1) is 12.4 Å². The normalized spacial score (nSPS) is 14.6. The van der Waals surface area contributed by atoms with Gasteiger partial charge in [0.2, 0.25) is 23.6 Å². The van der Waals surface area contributed by atoms with Crippen LogP contribution >= 0.6 is 0 Å². The summed E-state index contributed by atoms with van der Waals surface area (Å²) in [6.07, 6.45) is 3.09. The molecule has 1 aromatic heterocycles. The Morgan fingerprint density at radius 1 is 1.03 bits per heavy atom. The van der Waals surface area contributed by atoms with Crippen molar-refractivity contribution in [1.82, 2.24) is 25.9 Å². The van der Waals surface area contributed by atoms with Gasteiger partial charge in [0, 0.05) is 24.7 Å². The summed E-state index contributed by atoms with van der Waals surface area (Å²) < 4.78 is 0. The monoisotopic (exact) mass is 467 g/mol. The van der Waals surface area contributed by atoms with E-state index in [1.54, 1.807) is 0 Å². The van der Waals surface area contributed by atoms with Gasteiger partial charge in [-0.15, -0.1) is 0 Å². The van der Waals surface area contributed by atoms with Gasteiger partial charge in [-0.2, -0.15) is 0 Å². The van der Waals surface area contributed by atoms with E-state index in [1.807, 2.05) is 13.8 Å². The van der Waals surface area contributed by atoms with Crippen LogP contribution < -0.4 is 27.4 Å². The maximum Gasteiger partial charge on any atom is 0.325 e. The molecule has 0 aromatic carbocycles. The Labute approximate surface area is 191 Å². The van der Waals surface area contributed by atoms with Crippen molar-refractivity contribution in [3.8, 4) is 0 Å². The van der Waals surface area contributed by atoms with Gasteiger partial charge >= 0.3 is 5.97 Å². The fourth-order valence-electron chi connectivity index (χ4n) is 2.88. The molecule has 13 heteroatoms. The van der Waals surface area contributed by atoms with E-state index in [1.165, 1.54) is 19.4 Å². The molecule has 184 valence electrons. The Bertz CT molecular complexity index is 827. The lowest BCUT2D eigenvalue weighted by atomic mass is 10.0. The molecule has 0 spiro atoms. The van der Waals surface area contributed by atoms with Crippen molar-refractivity contribution >= 4 is 29.6 Å². The Morgan fingerprint density at radius 3 is 2.15 bits per heavy atom. The molecule has 0 aliphatic heterocycles. The van der Waals surface area contributed by atoms with E-state index < -0.39 is 53.8 Å². The van der Waals surface area contributed by atoms with E-state index in [9.17, 15) is 24.0 Å². The van der Waals surface area contributed by atoms with Gasteiger partial charge in [0.1, 0.15) is 18.1 Å². The van der Waals surface area contributed by atoms with Crippen LogP contribution in [0.3, 0.4) is 0 Å². The average molecular weight is 468 g/mol. The van der Waals surface area contributed by atoms with Gasteiger partial charge in [0.25, 0.3) is 0 Å². The molecule has 4 amide bonds. The molecule has 33 heavy (non-hydrogen) atoms. The third-order valence-corrected chi connectivity index (χ3v) is 4.72. The predicted molar refractivity (Wildman–Crippen MR) is 117 cm³/mol. The SMILES string of the molecule is CC(C)CC(NC(=O)C(N)CCC(N)=O)C(=O)NC(Cc1cnc[nH]1)C(=O)NC(C)C(=O)O. The molecule has 0 aliphatic rings. The molecule has 0 fully saturated rings. The first-order valence-electron chi connectivity index (χ1n) is 10.6. The highest BCUT2D eigenvalue weighted by atomic mass is 16.4. The van der Waals surface area contributed by atoms with Crippen LogP contribution in [-0.2, 0) is 30.4 Å². The van der Waals surface area contributed by atoms with Crippen molar-refractivity contribution in [2.75, 3.05) is 0 Å². The maximum absolute atomic E-state index is 13.0. The number of nitrogens with one attached hydrogen (secondary N) is 4.